The van der Waals surface area contributed by atoms with Crippen molar-refractivity contribution in [1.29, 1.82) is 0 Å². The molecule has 1 aromatic carbocycles. The molecule has 0 N–H and O–H groups in total. The molecule has 96 valence electrons. The van der Waals surface area contributed by atoms with E-state index in [-0.39, 0.29) is 24.3 Å². The highest BCUT2D eigenvalue weighted by Crippen LogP contribution is 2.10. The van der Waals surface area contributed by atoms with Crippen molar-refractivity contribution >= 4 is 18.0 Å². The van der Waals surface area contributed by atoms with Gasteiger partial charge in [0.05, 0.1) is 13.0 Å². The molecule has 0 bridgehead atoms. The summed E-state index contributed by atoms with van der Waals surface area (Å²) in [6.07, 6.45) is 0.271. The second-order valence-electron chi connectivity index (χ2n) is 4.09. The van der Waals surface area contributed by atoms with Gasteiger partial charge in [0.1, 0.15) is 12.1 Å². The van der Waals surface area contributed by atoms with Gasteiger partial charge in [-0.15, -0.1) is 0 Å². The second kappa shape index (κ2) is 6.05. The Bertz CT molecular complexity index is 465. The van der Waals surface area contributed by atoms with Crippen LogP contribution in [0.4, 0.5) is 4.39 Å². The number of nitrogens with zero attached hydrogens (tertiary/aromatic N) is 1. The number of carbonyl (C=O) groups excluding carboxylic acids is 3. The van der Waals surface area contributed by atoms with E-state index in [0.29, 0.717) is 11.8 Å². The minimum absolute atomic E-state index is 0.160. The van der Waals surface area contributed by atoms with Gasteiger partial charge in [-0.25, -0.2) is 4.39 Å². The first-order valence-electron chi connectivity index (χ1n) is 5.42. The van der Waals surface area contributed by atoms with E-state index >= 15 is 0 Å². The average Bonchev–Trinajstić information content (AvgIpc) is 2.26. The Morgan fingerprint density at radius 3 is 2.56 bits per heavy atom. The summed E-state index contributed by atoms with van der Waals surface area (Å²) < 4.78 is 13.2. The van der Waals surface area contributed by atoms with Crippen molar-refractivity contribution < 1.29 is 18.8 Å². The normalized spacial score (nSPS) is 9.94. The highest BCUT2D eigenvalue weighted by atomic mass is 19.1. The Morgan fingerprint density at radius 1 is 1.33 bits per heavy atom. The zero-order chi connectivity index (χ0) is 13.7. The van der Waals surface area contributed by atoms with Gasteiger partial charge in [0, 0.05) is 12.6 Å². The molecule has 5 heteroatoms. The molecule has 18 heavy (non-hydrogen) atoms. The van der Waals surface area contributed by atoms with Crippen LogP contribution in [0.25, 0.3) is 0 Å². The summed E-state index contributed by atoms with van der Waals surface area (Å²) in [7, 11) is 1.44. The summed E-state index contributed by atoms with van der Waals surface area (Å²) in [5.74, 6) is -1.29. The smallest absolute Gasteiger partial charge is 0.254 e. The minimum atomic E-state index is -0.494. The van der Waals surface area contributed by atoms with Crippen LogP contribution in [0.15, 0.2) is 18.2 Å². The Morgan fingerprint density at radius 2 is 2.00 bits per heavy atom. The van der Waals surface area contributed by atoms with Crippen LogP contribution in [0.5, 0.6) is 0 Å². The fraction of sp³-hybridized carbons (Fsp3) is 0.308. The van der Waals surface area contributed by atoms with Crippen molar-refractivity contribution in [1.82, 2.24) is 4.90 Å². The van der Waals surface area contributed by atoms with Gasteiger partial charge in [0.2, 0.25) is 0 Å². The molecule has 0 saturated carbocycles. The molecule has 0 aromatic heterocycles. The SMILES string of the molecule is Cc1cc(F)cc(C(=O)N(C)CC(=O)CC=O)c1. The van der Waals surface area contributed by atoms with Gasteiger partial charge >= 0.3 is 0 Å². The Kier molecular flexibility index (Phi) is 4.71. The van der Waals surface area contributed by atoms with Gasteiger partial charge in [-0.05, 0) is 30.7 Å². The minimum Gasteiger partial charge on any atom is -0.334 e. The summed E-state index contributed by atoms with van der Waals surface area (Å²) >= 11 is 0. The van der Waals surface area contributed by atoms with Gasteiger partial charge in [-0.2, -0.15) is 0 Å². The van der Waals surface area contributed by atoms with Crippen molar-refractivity contribution in [2.75, 3.05) is 13.6 Å². The number of amides is 1. The lowest BCUT2D eigenvalue weighted by atomic mass is 10.1. The standard InChI is InChI=1S/C13H14FNO3/c1-9-5-10(7-11(14)6-9)13(18)15(2)8-12(17)3-4-16/h4-7H,3,8H2,1-2H3. The Labute approximate surface area is 104 Å². The third kappa shape index (κ3) is 3.76. The third-order valence-corrected chi connectivity index (χ3v) is 2.36. The lowest BCUT2D eigenvalue weighted by Gasteiger charge is -2.16. The van der Waals surface area contributed by atoms with Gasteiger partial charge in [0.25, 0.3) is 5.91 Å². The summed E-state index contributed by atoms with van der Waals surface area (Å²) in [5.41, 5.74) is 0.819. The van der Waals surface area contributed by atoms with Gasteiger partial charge < -0.3 is 9.69 Å². The number of carbonyl (C=O) groups is 3. The van der Waals surface area contributed by atoms with Crippen molar-refractivity contribution in [2.45, 2.75) is 13.3 Å². The van der Waals surface area contributed by atoms with E-state index in [1.807, 2.05) is 0 Å². The summed E-state index contributed by atoms with van der Waals surface area (Å²) in [6.45, 7) is 1.52. The molecule has 0 aliphatic heterocycles. The summed E-state index contributed by atoms with van der Waals surface area (Å²) in [4.78, 5) is 34.5. The van der Waals surface area contributed by atoms with E-state index in [0.717, 1.165) is 6.07 Å². The number of halogens is 1. The molecule has 0 aliphatic rings. The molecule has 0 aliphatic carbocycles. The van der Waals surface area contributed by atoms with E-state index in [9.17, 15) is 18.8 Å². The summed E-state index contributed by atoms with van der Waals surface area (Å²) in [5, 5.41) is 0. The topological polar surface area (TPSA) is 54.5 Å². The maximum absolute atomic E-state index is 13.2. The van der Waals surface area contributed by atoms with E-state index in [1.165, 1.54) is 18.0 Å². The fourth-order valence-electron chi connectivity index (χ4n) is 1.57. The zero-order valence-electron chi connectivity index (χ0n) is 10.3. The molecule has 0 spiro atoms. The molecule has 1 rings (SSSR count). The van der Waals surface area contributed by atoms with Crippen molar-refractivity contribution in [3.63, 3.8) is 0 Å². The molecule has 4 nitrogen and oxygen atoms in total. The Balaban J connectivity index is 2.79. The number of Topliss-reactive ketones (excluding diaryl/α,β-unsaturated/α-hetero) is 1. The van der Waals surface area contributed by atoms with Crippen LogP contribution < -0.4 is 0 Å². The molecule has 0 heterocycles. The predicted molar refractivity (Wildman–Crippen MR) is 63.8 cm³/mol. The van der Waals surface area contributed by atoms with Gasteiger partial charge in [-0.3, -0.25) is 9.59 Å². The van der Waals surface area contributed by atoms with Crippen LogP contribution in [0.3, 0.4) is 0 Å². The number of likely N-dealkylation sites (N-methyl/N-ethyl adjacent to an activating group) is 1. The molecule has 0 radical (unpaired) electrons. The lowest BCUT2D eigenvalue weighted by molar-refractivity contribution is -0.122. The average molecular weight is 251 g/mol. The van der Waals surface area contributed by atoms with Crippen LogP contribution in [0.1, 0.15) is 22.3 Å². The molecule has 1 aromatic rings. The molecular weight excluding hydrogens is 237 g/mol. The maximum Gasteiger partial charge on any atom is 0.254 e. The quantitative estimate of drug-likeness (QED) is 0.586. The first-order valence-corrected chi connectivity index (χ1v) is 5.42. The van der Waals surface area contributed by atoms with E-state index in [4.69, 9.17) is 0 Å². The number of benzene rings is 1. The lowest BCUT2D eigenvalue weighted by Crippen LogP contribution is -2.32. The maximum atomic E-state index is 13.2. The van der Waals surface area contributed by atoms with Crippen molar-refractivity contribution in [3.05, 3.63) is 35.1 Å². The highest BCUT2D eigenvalue weighted by Gasteiger charge is 2.15. The number of aryl methyl sites for hydroxylation is 1. The van der Waals surface area contributed by atoms with Crippen molar-refractivity contribution in [2.24, 2.45) is 0 Å². The van der Waals surface area contributed by atoms with Gasteiger partial charge in [0.15, 0.2) is 5.78 Å². The Hall–Kier alpha value is -2.04. The number of rotatable bonds is 5. The van der Waals surface area contributed by atoms with E-state index in [2.05, 4.69) is 0 Å². The monoisotopic (exact) mass is 251 g/mol. The number of hydrogen-bond donors (Lipinski definition) is 0. The molecule has 0 fully saturated rings. The van der Waals surface area contributed by atoms with Crippen LogP contribution in [-0.2, 0) is 9.59 Å². The molecular formula is C13H14FNO3. The second-order valence-corrected chi connectivity index (χ2v) is 4.09. The van der Waals surface area contributed by atoms with Crippen LogP contribution in [-0.4, -0.2) is 36.5 Å². The van der Waals surface area contributed by atoms with Crippen LogP contribution in [0.2, 0.25) is 0 Å². The third-order valence-electron chi connectivity index (χ3n) is 2.36. The number of hydrogen-bond acceptors (Lipinski definition) is 3. The van der Waals surface area contributed by atoms with Crippen molar-refractivity contribution in [3.8, 4) is 0 Å². The molecule has 0 saturated heterocycles. The molecule has 1 amide bonds. The fourth-order valence-corrected chi connectivity index (χ4v) is 1.57. The first kappa shape index (κ1) is 14.0. The molecule has 0 unspecified atom stereocenters. The predicted octanol–water partition coefficient (Wildman–Crippen LogP) is 1.36. The van der Waals surface area contributed by atoms with Crippen LogP contribution in [0, 0.1) is 12.7 Å². The largest absolute Gasteiger partial charge is 0.334 e. The summed E-state index contributed by atoms with van der Waals surface area (Å²) in [6, 6.07) is 3.98. The van der Waals surface area contributed by atoms with Gasteiger partial charge in [-0.1, -0.05) is 0 Å². The highest BCUT2D eigenvalue weighted by molar-refractivity contribution is 5.98. The number of aldehydes is 1. The molecule has 0 atom stereocenters. The van der Waals surface area contributed by atoms with E-state index < -0.39 is 11.7 Å². The van der Waals surface area contributed by atoms with Crippen LogP contribution >= 0.6 is 0 Å². The zero-order valence-corrected chi connectivity index (χ0v) is 10.3. The number of ketones is 1. The van der Waals surface area contributed by atoms with E-state index in [1.54, 1.807) is 13.0 Å². The first-order chi connectivity index (χ1) is 8.43.